The van der Waals surface area contributed by atoms with Gasteiger partial charge in [-0.25, -0.2) is 4.39 Å². The van der Waals surface area contributed by atoms with Gasteiger partial charge in [0.15, 0.2) is 5.78 Å². The van der Waals surface area contributed by atoms with Crippen molar-refractivity contribution in [3.05, 3.63) is 53.1 Å². The molecule has 1 aromatic heterocycles. The summed E-state index contributed by atoms with van der Waals surface area (Å²) in [6, 6.07) is 6.92. The highest BCUT2D eigenvalue weighted by atomic mass is 19.1. The van der Waals surface area contributed by atoms with E-state index in [1.165, 1.54) is 25.3 Å². The van der Waals surface area contributed by atoms with Crippen molar-refractivity contribution in [3.63, 3.8) is 0 Å². The summed E-state index contributed by atoms with van der Waals surface area (Å²) < 4.78 is 15.5. The highest BCUT2D eigenvalue weighted by Crippen LogP contribution is 2.27. The van der Waals surface area contributed by atoms with Gasteiger partial charge in [-0.05, 0) is 68.6 Å². The molecule has 0 spiro atoms. The number of fused-ring (bicyclic) bond motifs is 3. The fourth-order valence-corrected chi connectivity index (χ4v) is 3.74. The Hall–Kier alpha value is -1.94. The predicted octanol–water partition coefficient (Wildman–Crippen LogP) is 3.38. The number of Topliss-reactive ketones (excluding diaryl/α,β-unsaturated/α-hetero) is 1. The number of carbonyl (C=O) groups is 1. The highest BCUT2D eigenvalue weighted by molar-refractivity contribution is 5.98. The van der Waals surface area contributed by atoms with E-state index < -0.39 is 0 Å². The van der Waals surface area contributed by atoms with Gasteiger partial charge in [-0.3, -0.25) is 9.69 Å². The number of ketones is 1. The Morgan fingerprint density at radius 3 is 2.74 bits per heavy atom. The fourth-order valence-electron chi connectivity index (χ4n) is 3.74. The van der Waals surface area contributed by atoms with E-state index in [0.717, 1.165) is 48.4 Å². The maximum absolute atomic E-state index is 13.4. The molecule has 4 rings (SSSR count). The molecule has 0 radical (unpaired) electrons. The average Bonchev–Trinajstić information content (AvgIpc) is 3.00. The van der Waals surface area contributed by atoms with Gasteiger partial charge >= 0.3 is 0 Å². The number of benzene rings is 1. The Morgan fingerprint density at radius 2 is 1.91 bits per heavy atom. The number of hydrogen-bond acceptors (Lipinski definition) is 2. The molecule has 1 saturated heterocycles. The van der Waals surface area contributed by atoms with Crippen LogP contribution in [0, 0.1) is 5.82 Å². The van der Waals surface area contributed by atoms with E-state index >= 15 is 0 Å². The van der Waals surface area contributed by atoms with Gasteiger partial charge in [-0.1, -0.05) is 6.42 Å². The van der Waals surface area contributed by atoms with Crippen LogP contribution in [-0.2, 0) is 12.8 Å². The lowest BCUT2D eigenvalue weighted by Crippen LogP contribution is -2.34. The van der Waals surface area contributed by atoms with Crippen LogP contribution in [0.4, 0.5) is 4.39 Å². The molecule has 4 heteroatoms. The molecule has 0 atom stereocenters. The Kier molecular flexibility index (Phi) is 3.77. The zero-order valence-electron chi connectivity index (χ0n) is 13.2. The van der Waals surface area contributed by atoms with Crippen molar-refractivity contribution in [2.75, 3.05) is 19.6 Å². The number of aryl methyl sites for hydroxylation is 2. The molecule has 1 aromatic carbocycles. The van der Waals surface area contributed by atoms with Crippen LogP contribution in [-0.4, -0.2) is 34.9 Å². The molecule has 23 heavy (non-hydrogen) atoms. The Morgan fingerprint density at radius 1 is 1.09 bits per heavy atom. The number of hydrogen-bond donors (Lipinski definition) is 0. The number of piperidine rings is 1. The summed E-state index contributed by atoms with van der Waals surface area (Å²) in [6.45, 7) is 2.57. The predicted molar refractivity (Wildman–Crippen MR) is 87.8 cm³/mol. The summed E-state index contributed by atoms with van der Waals surface area (Å²) in [6.07, 6.45) is 7.28. The van der Waals surface area contributed by atoms with Crippen molar-refractivity contribution < 1.29 is 9.18 Å². The van der Waals surface area contributed by atoms with E-state index in [9.17, 15) is 9.18 Å². The lowest BCUT2D eigenvalue weighted by Gasteiger charge is -2.25. The van der Waals surface area contributed by atoms with E-state index in [4.69, 9.17) is 0 Å². The molecule has 3 nitrogen and oxygen atoms in total. The van der Waals surface area contributed by atoms with Crippen LogP contribution < -0.4 is 0 Å². The van der Waals surface area contributed by atoms with Crippen molar-refractivity contribution in [3.8, 4) is 5.69 Å². The number of aromatic nitrogens is 1. The van der Waals surface area contributed by atoms with Gasteiger partial charge in [-0.15, -0.1) is 0 Å². The normalized spacial score (nSPS) is 17.6. The third kappa shape index (κ3) is 2.83. The molecular weight excluding hydrogens is 291 g/mol. The molecule has 0 bridgehead atoms. The minimum absolute atomic E-state index is 0.192. The minimum Gasteiger partial charge on any atom is -0.320 e. The summed E-state index contributed by atoms with van der Waals surface area (Å²) in [5.41, 5.74) is 3.95. The molecule has 2 aliphatic rings. The summed E-state index contributed by atoms with van der Waals surface area (Å²) in [7, 11) is 0. The van der Waals surface area contributed by atoms with E-state index in [2.05, 4.69) is 9.47 Å². The smallest absolute Gasteiger partial charge is 0.178 e. The lowest BCUT2D eigenvalue weighted by molar-refractivity contribution is 0.0916. The van der Waals surface area contributed by atoms with Crippen LogP contribution in [0.1, 0.15) is 40.9 Å². The molecule has 0 aliphatic carbocycles. The fraction of sp³-hybridized carbons (Fsp3) is 0.421. The van der Waals surface area contributed by atoms with Crippen molar-refractivity contribution in [2.24, 2.45) is 0 Å². The lowest BCUT2D eigenvalue weighted by atomic mass is 10.0. The summed E-state index contributed by atoms with van der Waals surface area (Å²) in [4.78, 5) is 14.8. The Balaban J connectivity index is 1.58. The second-order valence-corrected chi connectivity index (χ2v) is 6.62. The first-order valence-electron chi connectivity index (χ1n) is 8.46. The second-order valence-electron chi connectivity index (χ2n) is 6.62. The highest BCUT2D eigenvalue weighted by Gasteiger charge is 2.21. The van der Waals surface area contributed by atoms with E-state index in [0.29, 0.717) is 6.54 Å². The quantitative estimate of drug-likeness (QED) is 0.812. The van der Waals surface area contributed by atoms with E-state index in [1.807, 2.05) is 18.3 Å². The van der Waals surface area contributed by atoms with Gasteiger partial charge in [-0.2, -0.15) is 0 Å². The van der Waals surface area contributed by atoms with Crippen LogP contribution >= 0.6 is 0 Å². The van der Waals surface area contributed by atoms with Crippen LogP contribution in [0.25, 0.3) is 5.69 Å². The van der Waals surface area contributed by atoms with Crippen molar-refractivity contribution in [2.45, 2.75) is 32.1 Å². The van der Waals surface area contributed by atoms with E-state index in [1.54, 1.807) is 6.07 Å². The maximum atomic E-state index is 13.4. The molecule has 2 aromatic rings. The molecule has 1 fully saturated rings. The first-order valence-corrected chi connectivity index (χ1v) is 8.46. The number of halogens is 1. The number of nitrogens with zero attached hydrogens (tertiary/aromatic N) is 2. The molecule has 2 aliphatic heterocycles. The maximum Gasteiger partial charge on any atom is 0.178 e. The van der Waals surface area contributed by atoms with Gasteiger partial charge < -0.3 is 4.57 Å². The third-order valence-electron chi connectivity index (χ3n) is 4.99. The standard InChI is InChI=1S/C19H21FN2O/c20-16-5-7-18-14(10-16)4-6-17-11-15(12-22(17)18)19(23)13-21-8-2-1-3-9-21/h5,7,10-12H,1-4,6,8-9,13H2. The van der Waals surface area contributed by atoms with Gasteiger partial charge in [0.2, 0.25) is 0 Å². The van der Waals surface area contributed by atoms with Gasteiger partial charge in [0, 0.05) is 23.1 Å². The SMILES string of the molecule is O=C(CN1CCCCC1)c1cc2n(c1)-c1ccc(F)cc1CC2. The van der Waals surface area contributed by atoms with Crippen molar-refractivity contribution >= 4 is 5.78 Å². The molecule has 120 valence electrons. The largest absolute Gasteiger partial charge is 0.320 e. The summed E-state index contributed by atoms with van der Waals surface area (Å²) in [5.74, 6) is -0.00165. The topological polar surface area (TPSA) is 25.2 Å². The van der Waals surface area contributed by atoms with Gasteiger partial charge in [0.05, 0.1) is 6.54 Å². The van der Waals surface area contributed by atoms with Gasteiger partial charge in [0.1, 0.15) is 5.82 Å². The second kappa shape index (κ2) is 5.93. The third-order valence-corrected chi connectivity index (χ3v) is 4.99. The minimum atomic E-state index is -0.194. The molecule has 0 amide bonds. The first kappa shape index (κ1) is 14.6. The van der Waals surface area contributed by atoms with Crippen LogP contribution in [0.2, 0.25) is 0 Å². The van der Waals surface area contributed by atoms with Crippen LogP contribution in [0.5, 0.6) is 0 Å². The van der Waals surface area contributed by atoms with Gasteiger partial charge in [0.25, 0.3) is 0 Å². The number of likely N-dealkylation sites (tertiary alicyclic amines) is 1. The van der Waals surface area contributed by atoms with Crippen LogP contribution in [0.15, 0.2) is 30.5 Å². The molecular formula is C19H21FN2O. The Labute approximate surface area is 135 Å². The zero-order valence-corrected chi connectivity index (χ0v) is 13.2. The summed E-state index contributed by atoms with van der Waals surface area (Å²) in [5, 5.41) is 0. The summed E-state index contributed by atoms with van der Waals surface area (Å²) >= 11 is 0. The van der Waals surface area contributed by atoms with Crippen LogP contribution in [0.3, 0.4) is 0 Å². The number of rotatable bonds is 3. The molecule has 0 unspecified atom stereocenters. The molecule has 0 saturated carbocycles. The molecule has 0 N–H and O–H groups in total. The van der Waals surface area contributed by atoms with Crippen molar-refractivity contribution in [1.82, 2.24) is 9.47 Å². The molecule has 3 heterocycles. The first-order chi connectivity index (χ1) is 11.2. The van der Waals surface area contributed by atoms with E-state index in [-0.39, 0.29) is 11.6 Å². The Bertz CT molecular complexity index is 744. The van der Waals surface area contributed by atoms with Crippen molar-refractivity contribution in [1.29, 1.82) is 0 Å². The number of carbonyl (C=O) groups excluding carboxylic acids is 1. The average molecular weight is 312 g/mol. The monoisotopic (exact) mass is 312 g/mol. The zero-order chi connectivity index (χ0) is 15.8.